The second-order valence-corrected chi connectivity index (χ2v) is 7.21. The van der Waals surface area contributed by atoms with Crippen LogP contribution in [0.15, 0.2) is 42.9 Å². The summed E-state index contributed by atoms with van der Waals surface area (Å²) in [6.45, 7) is 0. The van der Waals surface area contributed by atoms with Gasteiger partial charge in [-0.2, -0.15) is 20.0 Å². The van der Waals surface area contributed by atoms with Gasteiger partial charge in [0.15, 0.2) is 0 Å². The molecule has 0 radical (unpaired) electrons. The number of nitrogens with two attached hydrogens (primary N) is 3. The average Bonchev–Trinajstić information content (AvgIpc) is 3.29. The van der Waals surface area contributed by atoms with E-state index in [0.717, 1.165) is 31.4 Å². The monoisotopic (exact) mass is 408 g/mol. The Hall–Kier alpha value is -3.57. The molecule has 1 aliphatic carbocycles. The molecule has 4 rings (SSSR count). The van der Waals surface area contributed by atoms with E-state index in [1.54, 1.807) is 12.4 Å². The maximum atomic E-state index is 11.9. The number of amides is 1. The van der Waals surface area contributed by atoms with Gasteiger partial charge < -0.3 is 16.8 Å². The molecule has 0 saturated heterocycles. The van der Waals surface area contributed by atoms with Gasteiger partial charge in [-0.05, 0) is 31.0 Å². The van der Waals surface area contributed by atoms with Crippen LogP contribution in [0.25, 0.3) is 5.69 Å². The summed E-state index contributed by atoms with van der Waals surface area (Å²) >= 11 is 0. The summed E-state index contributed by atoms with van der Waals surface area (Å²) < 4.78 is 0. The number of aromatic nitrogens is 5. The van der Waals surface area contributed by atoms with Crippen LogP contribution in [0.4, 0.5) is 17.5 Å². The van der Waals surface area contributed by atoms with Crippen molar-refractivity contribution in [3.8, 4) is 5.69 Å². The Morgan fingerprint density at radius 1 is 1.20 bits per heavy atom. The van der Waals surface area contributed by atoms with Crippen LogP contribution >= 0.6 is 0 Å². The molecular weight excluding hydrogens is 384 g/mol. The van der Waals surface area contributed by atoms with Crippen LogP contribution in [0.2, 0.25) is 0 Å². The number of hydrogen-bond donors (Lipinski definition) is 4. The summed E-state index contributed by atoms with van der Waals surface area (Å²) in [7, 11) is 0. The van der Waals surface area contributed by atoms with Gasteiger partial charge in [-0.25, -0.2) is 10.8 Å². The summed E-state index contributed by atoms with van der Waals surface area (Å²) in [6, 6.07) is 7.22. The molecule has 11 heteroatoms. The second-order valence-electron chi connectivity index (χ2n) is 7.21. The molecule has 1 fully saturated rings. The molecule has 1 aromatic carbocycles. The van der Waals surface area contributed by atoms with Crippen molar-refractivity contribution >= 4 is 23.4 Å². The fourth-order valence-electron chi connectivity index (χ4n) is 3.60. The minimum atomic E-state index is -0.646. The van der Waals surface area contributed by atoms with Crippen molar-refractivity contribution in [2.75, 3.05) is 10.3 Å². The van der Waals surface area contributed by atoms with Crippen molar-refractivity contribution in [3.05, 3.63) is 48.4 Å². The van der Waals surface area contributed by atoms with E-state index in [0.29, 0.717) is 5.69 Å². The highest BCUT2D eigenvalue weighted by atomic mass is 16.1. The Morgan fingerprint density at radius 3 is 2.70 bits per heavy atom. The van der Waals surface area contributed by atoms with Crippen LogP contribution in [0.5, 0.6) is 0 Å². The third-order valence-electron chi connectivity index (χ3n) is 5.17. The van der Waals surface area contributed by atoms with Gasteiger partial charge in [0.05, 0.1) is 24.1 Å². The van der Waals surface area contributed by atoms with Crippen molar-refractivity contribution in [2.24, 2.45) is 17.3 Å². The van der Waals surface area contributed by atoms with Gasteiger partial charge in [-0.3, -0.25) is 9.80 Å². The maximum Gasteiger partial charge on any atom is 0.254 e. The number of hydrogen-bond acceptors (Lipinski definition) is 9. The lowest BCUT2D eigenvalue weighted by atomic mass is 9.91. The highest BCUT2D eigenvalue weighted by Gasteiger charge is 2.28. The zero-order valence-electron chi connectivity index (χ0n) is 16.3. The first kappa shape index (κ1) is 19.7. The predicted octanol–water partition coefficient (Wildman–Crippen LogP) is 0.850. The van der Waals surface area contributed by atoms with E-state index < -0.39 is 5.91 Å². The van der Waals surface area contributed by atoms with Gasteiger partial charge in [-0.15, -0.1) is 0 Å². The quantitative estimate of drug-likeness (QED) is 0.341. The lowest BCUT2D eigenvalue weighted by Crippen LogP contribution is -2.53. The van der Waals surface area contributed by atoms with Crippen molar-refractivity contribution in [3.63, 3.8) is 0 Å². The molecular formula is C19H24N10O. The van der Waals surface area contributed by atoms with Crippen molar-refractivity contribution in [2.45, 2.75) is 37.8 Å². The van der Waals surface area contributed by atoms with Gasteiger partial charge in [0.2, 0.25) is 5.95 Å². The first-order valence-electron chi connectivity index (χ1n) is 9.73. The van der Waals surface area contributed by atoms with Gasteiger partial charge >= 0.3 is 0 Å². The number of hydrazine groups is 1. The van der Waals surface area contributed by atoms with Crippen molar-refractivity contribution < 1.29 is 4.79 Å². The molecule has 2 heterocycles. The van der Waals surface area contributed by atoms with Crippen LogP contribution in [0.3, 0.4) is 0 Å². The molecule has 0 bridgehead atoms. The van der Waals surface area contributed by atoms with Gasteiger partial charge in [-0.1, -0.05) is 18.9 Å². The summed E-state index contributed by atoms with van der Waals surface area (Å²) in [4.78, 5) is 22.1. The van der Waals surface area contributed by atoms with Gasteiger partial charge in [0.25, 0.3) is 5.91 Å². The molecule has 1 saturated carbocycles. The first-order chi connectivity index (χ1) is 14.5. The molecule has 0 spiro atoms. The fraction of sp³-hybridized carbons (Fsp3) is 0.316. The minimum Gasteiger partial charge on any atom is -0.365 e. The summed E-state index contributed by atoms with van der Waals surface area (Å²) in [5.74, 6) is 6.19. The normalized spacial score (nSPS) is 18.7. The van der Waals surface area contributed by atoms with Crippen molar-refractivity contribution in [1.82, 2.24) is 25.0 Å². The molecule has 156 valence electrons. The van der Waals surface area contributed by atoms with E-state index in [1.165, 1.54) is 16.0 Å². The third-order valence-corrected chi connectivity index (χ3v) is 5.17. The molecule has 2 atom stereocenters. The first-order valence-corrected chi connectivity index (χ1v) is 9.73. The molecule has 3 aromatic rings. The maximum absolute atomic E-state index is 11.9. The predicted molar refractivity (Wildman–Crippen MR) is 112 cm³/mol. The fourth-order valence-corrected chi connectivity index (χ4v) is 3.60. The molecule has 0 aliphatic heterocycles. The molecule has 0 unspecified atom stereocenters. The molecule has 1 amide bonds. The zero-order chi connectivity index (χ0) is 21.1. The standard InChI is InChI=1S/C19H24N10O/c20-15-6-1-2-7-16(15)28(22)19-23-11-14(17(21)30)18(27-19)26-12-4-3-5-13(10-12)29-24-8-9-25-29/h3-5,8-11,15-16H,1-2,6-7,20,22H2,(H2,21,30)(H,23,26,27)/t15-,16+/m0/s1. The number of benzene rings is 1. The van der Waals surface area contributed by atoms with E-state index in [-0.39, 0.29) is 29.4 Å². The number of carbonyl (C=O) groups is 1. The number of carbonyl (C=O) groups excluding carboxylic acids is 1. The van der Waals surface area contributed by atoms with Crippen LogP contribution in [0, 0.1) is 0 Å². The number of rotatable bonds is 6. The Morgan fingerprint density at radius 2 is 1.97 bits per heavy atom. The van der Waals surface area contributed by atoms with Crippen LogP contribution in [-0.2, 0) is 0 Å². The number of anilines is 3. The zero-order valence-corrected chi connectivity index (χ0v) is 16.3. The van der Waals surface area contributed by atoms with E-state index in [9.17, 15) is 4.79 Å². The molecule has 2 aromatic heterocycles. The molecule has 30 heavy (non-hydrogen) atoms. The van der Waals surface area contributed by atoms with E-state index >= 15 is 0 Å². The average molecular weight is 408 g/mol. The molecule has 1 aliphatic rings. The third kappa shape index (κ3) is 4.07. The smallest absolute Gasteiger partial charge is 0.254 e. The van der Waals surface area contributed by atoms with Crippen LogP contribution < -0.4 is 27.6 Å². The molecule has 11 nitrogen and oxygen atoms in total. The lowest BCUT2D eigenvalue weighted by Gasteiger charge is -2.35. The summed E-state index contributed by atoms with van der Waals surface area (Å²) in [5.41, 5.74) is 13.3. The Kier molecular flexibility index (Phi) is 5.55. The van der Waals surface area contributed by atoms with Crippen LogP contribution in [-0.4, -0.2) is 43.0 Å². The highest BCUT2D eigenvalue weighted by Crippen LogP contribution is 2.26. The van der Waals surface area contributed by atoms with Crippen molar-refractivity contribution in [1.29, 1.82) is 0 Å². The number of nitrogens with zero attached hydrogens (tertiary/aromatic N) is 6. The number of primary amides is 1. The van der Waals surface area contributed by atoms with Gasteiger partial charge in [0, 0.05) is 17.9 Å². The highest BCUT2D eigenvalue weighted by molar-refractivity contribution is 5.98. The largest absolute Gasteiger partial charge is 0.365 e. The topological polar surface area (TPSA) is 167 Å². The van der Waals surface area contributed by atoms with E-state index in [1.807, 2.05) is 24.3 Å². The lowest BCUT2D eigenvalue weighted by molar-refractivity contribution is 0.100. The van der Waals surface area contributed by atoms with Gasteiger partial charge in [0.1, 0.15) is 11.4 Å². The molecule has 7 N–H and O–H groups in total. The number of nitrogens with one attached hydrogen (secondary N) is 1. The Balaban J connectivity index is 1.64. The second kappa shape index (κ2) is 8.43. The van der Waals surface area contributed by atoms with E-state index in [2.05, 4.69) is 25.5 Å². The van der Waals surface area contributed by atoms with E-state index in [4.69, 9.17) is 17.3 Å². The Bertz CT molecular complexity index is 1020. The Labute approximate surface area is 173 Å². The summed E-state index contributed by atoms with van der Waals surface area (Å²) in [5, 5.41) is 12.9. The minimum absolute atomic E-state index is 0.0576. The SMILES string of the molecule is NC(=O)c1cnc(N(N)[C@@H]2CCCC[C@@H]2N)nc1Nc1cccc(-n2nccn2)c1. The summed E-state index contributed by atoms with van der Waals surface area (Å²) in [6.07, 6.45) is 8.45. The van der Waals surface area contributed by atoms with Crippen LogP contribution in [0.1, 0.15) is 36.0 Å².